The van der Waals surface area contributed by atoms with Gasteiger partial charge < -0.3 is 10.8 Å². The Morgan fingerprint density at radius 1 is 1.26 bits per heavy atom. The molecule has 0 saturated carbocycles. The summed E-state index contributed by atoms with van der Waals surface area (Å²) < 4.78 is 84.0. The van der Waals surface area contributed by atoms with Gasteiger partial charge in [0.25, 0.3) is 5.92 Å². The Balaban J connectivity index is 2.79. The summed E-state index contributed by atoms with van der Waals surface area (Å²) in [4.78, 5) is 10.8. The zero-order valence-electron chi connectivity index (χ0n) is 14.4. The number of alkyl halides is 5. The Kier molecular flexibility index (Phi) is 5.47. The number of hydrogen-bond donors (Lipinski definition) is 2. The molecule has 0 saturated heterocycles. The molecule has 0 radical (unpaired) electrons. The average Bonchev–Trinajstić information content (AvgIpc) is 2.46. The van der Waals surface area contributed by atoms with Gasteiger partial charge in [-0.05, 0) is 36.6 Å². The van der Waals surface area contributed by atoms with Gasteiger partial charge in [0.05, 0.1) is 12.3 Å². The van der Waals surface area contributed by atoms with E-state index in [9.17, 15) is 26.7 Å². The van der Waals surface area contributed by atoms with Crippen molar-refractivity contribution in [2.75, 3.05) is 0 Å². The van der Waals surface area contributed by atoms with Crippen molar-refractivity contribution < 1.29 is 36.2 Å². The molecule has 9 heteroatoms. The molecular formula is C18H17F6NO2. The Morgan fingerprint density at radius 2 is 1.78 bits per heavy atom. The van der Waals surface area contributed by atoms with Crippen LogP contribution in [0.25, 0.3) is 5.57 Å². The number of carbonyl (C=O) groups is 1. The van der Waals surface area contributed by atoms with Crippen LogP contribution in [0.5, 0.6) is 0 Å². The number of nitrogens with two attached hydrogens (primary N) is 1. The molecule has 1 aromatic carbocycles. The summed E-state index contributed by atoms with van der Waals surface area (Å²) in [6, 6.07) is 2.54. The van der Waals surface area contributed by atoms with Crippen LogP contribution in [0.4, 0.5) is 26.3 Å². The number of benzene rings is 1. The van der Waals surface area contributed by atoms with Crippen LogP contribution in [-0.2, 0) is 4.79 Å². The molecule has 3 N–H and O–H groups in total. The molecule has 1 aliphatic carbocycles. The number of aliphatic carboxylic acids is 1. The maximum atomic E-state index is 15.0. The molecule has 2 rings (SSSR count). The molecule has 1 aromatic rings. The third kappa shape index (κ3) is 3.87. The van der Waals surface area contributed by atoms with Crippen molar-refractivity contribution in [2.45, 2.75) is 38.4 Å². The predicted octanol–water partition coefficient (Wildman–Crippen LogP) is 4.54. The van der Waals surface area contributed by atoms with Crippen molar-refractivity contribution in [1.29, 1.82) is 0 Å². The fourth-order valence-corrected chi connectivity index (χ4v) is 3.28. The lowest BCUT2D eigenvalue weighted by atomic mass is 9.77. The SMILES string of the molecule is Cc1cccc(C)c1C1=C(F)C(C(N)CC(=O)O)C(F)(F)C(C(F)(F)F)=C1. The molecule has 2 atom stereocenters. The Morgan fingerprint density at radius 3 is 2.22 bits per heavy atom. The van der Waals surface area contributed by atoms with Crippen molar-refractivity contribution in [3.05, 3.63) is 52.4 Å². The van der Waals surface area contributed by atoms with Crippen LogP contribution in [0.2, 0.25) is 0 Å². The van der Waals surface area contributed by atoms with Gasteiger partial charge in [-0.25, -0.2) is 13.2 Å². The first-order chi connectivity index (χ1) is 12.3. The molecule has 0 heterocycles. The lowest BCUT2D eigenvalue weighted by molar-refractivity contribution is -0.146. The zero-order chi connectivity index (χ0) is 20.7. The number of rotatable bonds is 4. The summed E-state index contributed by atoms with van der Waals surface area (Å²) in [5, 5.41) is 8.77. The molecule has 0 bridgehead atoms. The lowest BCUT2D eigenvalue weighted by Crippen LogP contribution is -2.49. The maximum Gasteiger partial charge on any atom is 0.418 e. The second-order valence-corrected chi connectivity index (χ2v) is 6.45. The highest BCUT2D eigenvalue weighted by Gasteiger charge is 2.60. The highest BCUT2D eigenvalue weighted by atomic mass is 19.4. The zero-order valence-corrected chi connectivity index (χ0v) is 14.4. The van der Waals surface area contributed by atoms with E-state index in [1.807, 2.05) is 0 Å². The number of halogens is 6. The largest absolute Gasteiger partial charge is 0.481 e. The van der Waals surface area contributed by atoms with Crippen LogP contribution >= 0.6 is 0 Å². The molecule has 0 amide bonds. The first-order valence-electron chi connectivity index (χ1n) is 7.89. The van der Waals surface area contributed by atoms with E-state index < -0.39 is 53.4 Å². The van der Waals surface area contributed by atoms with Crippen molar-refractivity contribution in [3.63, 3.8) is 0 Å². The first kappa shape index (κ1) is 21.0. The lowest BCUT2D eigenvalue weighted by Gasteiger charge is -2.36. The summed E-state index contributed by atoms with van der Waals surface area (Å²) in [5.74, 6) is -10.6. The molecule has 0 spiro atoms. The molecule has 1 aliphatic rings. The molecule has 2 unspecified atom stereocenters. The van der Waals surface area contributed by atoms with E-state index >= 15 is 4.39 Å². The van der Waals surface area contributed by atoms with Gasteiger partial charge in [-0.15, -0.1) is 0 Å². The number of aryl methyl sites for hydroxylation is 2. The maximum absolute atomic E-state index is 15.0. The Hall–Kier alpha value is -2.29. The second-order valence-electron chi connectivity index (χ2n) is 6.45. The molecule has 3 nitrogen and oxygen atoms in total. The summed E-state index contributed by atoms with van der Waals surface area (Å²) >= 11 is 0. The minimum Gasteiger partial charge on any atom is -0.481 e. The first-order valence-corrected chi connectivity index (χ1v) is 7.89. The summed E-state index contributed by atoms with van der Waals surface area (Å²) in [6.45, 7) is 3.01. The molecular weight excluding hydrogens is 376 g/mol. The molecule has 0 fully saturated rings. The van der Waals surface area contributed by atoms with Gasteiger partial charge in [-0.3, -0.25) is 4.79 Å². The van der Waals surface area contributed by atoms with Crippen LogP contribution in [0.15, 0.2) is 35.7 Å². The van der Waals surface area contributed by atoms with Crippen LogP contribution in [0, 0.1) is 19.8 Å². The van der Waals surface area contributed by atoms with Crippen molar-refractivity contribution >= 4 is 11.5 Å². The summed E-state index contributed by atoms with van der Waals surface area (Å²) in [7, 11) is 0. The van der Waals surface area contributed by atoms with E-state index in [2.05, 4.69) is 0 Å². The van der Waals surface area contributed by atoms with Gasteiger partial charge in [0.2, 0.25) is 0 Å². The van der Waals surface area contributed by atoms with E-state index in [4.69, 9.17) is 10.8 Å². The number of allylic oxidation sites excluding steroid dienone is 3. The van der Waals surface area contributed by atoms with Gasteiger partial charge in [0.15, 0.2) is 0 Å². The predicted molar refractivity (Wildman–Crippen MR) is 86.7 cm³/mol. The van der Waals surface area contributed by atoms with Crippen LogP contribution in [0.3, 0.4) is 0 Å². The summed E-state index contributed by atoms with van der Waals surface area (Å²) in [6.07, 6.45) is -6.47. The summed E-state index contributed by atoms with van der Waals surface area (Å²) in [5.41, 5.74) is 3.31. The van der Waals surface area contributed by atoms with E-state index in [0.717, 1.165) is 0 Å². The number of hydrogen-bond acceptors (Lipinski definition) is 2. The van der Waals surface area contributed by atoms with E-state index in [0.29, 0.717) is 11.1 Å². The molecule has 148 valence electrons. The third-order valence-electron chi connectivity index (χ3n) is 4.46. The van der Waals surface area contributed by atoms with Crippen LogP contribution in [-0.4, -0.2) is 29.2 Å². The van der Waals surface area contributed by atoms with Gasteiger partial charge in [-0.1, -0.05) is 18.2 Å². The van der Waals surface area contributed by atoms with E-state index in [1.165, 1.54) is 26.0 Å². The fourth-order valence-electron chi connectivity index (χ4n) is 3.28. The minimum absolute atomic E-state index is 0.0415. The van der Waals surface area contributed by atoms with Crippen LogP contribution in [0.1, 0.15) is 23.1 Å². The molecule has 0 aromatic heterocycles. The van der Waals surface area contributed by atoms with E-state index in [-0.39, 0.29) is 11.6 Å². The Labute approximate surface area is 151 Å². The minimum atomic E-state index is -5.45. The van der Waals surface area contributed by atoms with Crippen molar-refractivity contribution in [3.8, 4) is 0 Å². The highest BCUT2D eigenvalue weighted by molar-refractivity contribution is 5.82. The molecule has 27 heavy (non-hydrogen) atoms. The van der Waals surface area contributed by atoms with Gasteiger partial charge in [0.1, 0.15) is 11.4 Å². The second kappa shape index (κ2) is 7.03. The van der Waals surface area contributed by atoms with Crippen molar-refractivity contribution in [1.82, 2.24) is 0 Å². The van der Waals surface area contributed by atoms with Crippen molar-refractivity contribution in [2.24, 2.45) is 11.7 Å². The third-order valence-corrected chi connectivity index (χ3v) is 4.46. The van der Waals surface area contributed by atoms with Crippen LogP contribution < -0.4 is 5.73 Å². The topological polar surface area (TPSA) is 63.3 Å². The monoisotopic (exact) mass is 393 g/mol. The standard InChI is InChI=1S/C18H17F6NO2/c1-8-4-3-5-9(2)14(8)10-6-12(18(22,23)24)17(20,21)15(16(10)19)11(25)7-13(26)27/h3-6,11,15H,7,25H2,1-2H3,(H,26,27). The number of carboxylic acids is 1. The van der Waals surface area contributed by atoms with Gasteiger partial charge >= 0.3 is 12.1 Å². The number of carboxylic acid groups (broad SMARTS) is 1. The quantitative estimate of drug-likeness (QED) is 0.739. The van der Waals surface area contributed by atoms with Gasteiger partial charge in [0, 0.05) is 11.6 Å². The van der Waals surface area contributed by atoms with Gasteiger partial charge in [-0.2, -0.15) is 13.2 Å². The van der Waals surface area contributed by atoms with E-state index in [1.54, 1.807) is 6.07 Å². The average molecular weight is 393 g/mol. The fraction of sp³-hybridized carbons (Fsp3) is 0.389. The normalized spacial score (nSPS) is 21.1. The Bertz CT molecular complexity index is 805. The smallest absolute Gasteiger partial charge is 0.418 e. The highest BCUT2D eigenvalue weighted by Crippen LogP contribution is 2.52. The molecule has 0 aliphatic heterocycles.